The summed E-state index contributed by atoms with van der Waals surface area (Å²) in [5.74, 6) is 1.94. The molecule has 0 aliphatic heterocycles. The Morgan fingerprint density at radius 1 is 1.39 bits per heavy atom. The van der Waals surface area contributed by atoms with Gasteiger partial charge >= 0.3 is 0 Å². The van der Waals surface area contributed by atoms with Crippen molar-refractivity contribution >= 4 is 15.9 Å². The van der Waals surface area contributed by atoms with Gasteiger partial charge in [-0.1, -0.05) is 28.9 Å². The maximum absolute atomic E-state index is 5.64. The fourth-order valence-electron chi connectivity index (χ4n) is 1.61. The van der Waals surface area contributed by atoms with E-state index < -0.39 is 0 Å². The molecule has 4 nitrogen and oxygen atoms in total. The largest absolute Gasteiger partial charge is 0.496 e. The summed E-state index contributed by atoms with van der Waals surface area (Å²) in [6.45, 7) is 4.05. The Morgan fingerprint density at radius 3 is 2.83 bits per heavy atom. The summed E-state index contributed by atoms with van der Waals surface area (Å²) in [4.78, 5) is 0.103. The van der Waals surface area contributed by atoms with Crippen molar-refractivity contribution in [2.75, 3.05) is 7.11 Å². The highest BCUT2D eigenvalue weighted by Crippen LogP contribution is 2.30. The second kappa shape index (κ2) is 5.52. The molecular weight excluding hydrogens is 296 g/mol. The lowest BCUT2D eigenvalue weighted by atomic mass is 10.1. The molecule has 0 amide bonds. The molecule has 0 radical (unpaired) electrons. The van der Waals surface area contributed by atoms with Gasteiger partial charge in [0.1, 0.15) is 5.75 Å². The summed E-state index contributed by atoms with van der Waals surface area (Å²) in [7, 11) is 1.65. The molecule has 5 heteroatoms. The van der Waals surface area contributed by atoms with E-state index >= 15 is 0 Å². The maximum Gasteiger partial charge on any atom is 0.247 e. The fraction of sp³-hybridized carbons (Fsp3) is 0.385. The van der Waals surface area contributed by atoms with Crippen molar-refractivity contribution in [2.45, 2.75) is 25.1 Å². The van der Waals surface area contributed by atoms with E-state index in [1.807, 2.05) is 25.1 Å². The van der Waals surface area contributed by atoms with E-state index in [9.17, 15) is 0 Å². The van der Waals surface area contributed by atoms with E-state index in [2.05, 4.69) is 33.1 Å². The topological polar surface area (TPSA) is 48.2 Å². The molecule has 0 spiro atoms. The van der Waals surface area contributed by atoms with Crippen LogP contribution < -0.4 is 4.74 Å². The normalized spacial score (nSPS) is 12.4. The first-order valence-electron chi connectivity index (χ1n) is 5.78. The highest BCUT2D eigenvalue weighted by molar-refractivity contribution is 9.09. The average Bonchev–Trinajstić information content (AvgIpc) is 2.88. The van der Waals surface area contributed by atoms with E-state index in [1.165, 1.54) is 0 Å². The van der Waals surface area contributed by atoms with Crippen LogP contribution in [-0.2, 0) is 0 Å². The van der Waals surface area contributed by atoms with Crippen LogP contribution in [-0.4, -0.2) is 17.3 Å². The van der Waals surface area contributed by atoms with Crippen LogP contribution >= 0.6 is 15.9 Å². The quantitative estimate of drug-likeness (QED) is 0.804. The van der Waals surface area contributed by atoms with Gasteiger partial charge in [-0.3, -0.25) is 0 Å². The van der Waals surface area contributed by atoms with Gasteiger partial charge in [-0.15, -0.1) is 10.2 Å². The molecule has 2 aromatic rings. The van der Waals surface area contributed by atoms with Gasteiger partial charge in [0.05, 0.1) is 11.9 Å². The number of rotatable bonds is 4. The summed E-state index contributed by atoms with van der Waals surface area (Å²) in [6.07, 6.45) is 0.902. The molecule has 18 heavy (non-hydrogen) atoms. The second-order valence-corrected chi connectivity index (χ2v) is 5.11. The smallest absolute Gasteiger partial charge is 0.247 e. The number of halogens is 1. The molecule has 0 fully saturated rings. The van der Waals surface area contributed by atoms with Crippen molar-refractivity contribution in [2.24, 2.45) is 0 Å². The first-order valence-corrected chi connectivity index (χ1v) is 6.69. The number of aromatic nitrogens is 2. The predicted octanol–water partition coefficient (Wildman–Crippen LogP) is 3.90. The van der Waals surface area contributed by atoms with Gasteiger partial charge in [-0.25, -0.2) is 0 Å². The van der Waals surface area contributed by atoms with Crippen molar-refractivity contribution in [3.8, 4) is 17.2 Å². The summed E-state index contributed by atoms with van der Waals surface area (Å²) in [5.41, 5.74) is 1.94. The van der Waals surface area contributed by atoms with Crippen molar-refractivity contribution in [3.63, 3.8) is 0 Å². The van der Waals surface area contributed by atoms with E-state index in [-0.39, 0.29) is 4.83 Å². The van der Waals surface area contributed by atoms with Crippen LogP contribution in [0.25, 0.3) is 11.5 Å². The Morgan fingerprint density at radius 2 is 2.17 bits per heavy atom. The van der Waals surface area contributed by atoms with Crippen molar-refractivity contribution < 1.29 is 9.15 Å². The van der Waals surface area contributed by atoms with Crippen LogP contribution in [0.15, 0.2) is 22.6 Å². The van der Waals surface area contributed by atoms with Gasteiger partial charge in [0, 0.05) is 5.56 Å². The number of ether oxygens (including phenoxy) is 1. The average molecular weight is 311 g/mol. The minimum Gasteiger partial charge on any atom is -0.496 e. The summed E-state index contributed by atoms with van der Waals surface area (Å²) >= 11 is 3.49. The Kier molecular flexibility index (Phi) is 4.01. The number of aryl methyl sites for hydroxylation is 1. The highest BCUT2D eigenvalue weighted by Gasteiger charge is 2.15. The van der Waals surface area contributed by atoms with Crippen LogP contribution in [0.3, 0.4) is 0 Å². The molecule has 0 saturated carbocycles. The Bertz CT molecular complexity index is 540. The van der Waals surface area contributed by atoms with Gasteiger partial charge in [-0.2, -0.15) is 0 Å². The molecule has 1 atom stereocenters. The van der Waals surface area contributed by atoms with Gasteiger partial charge in [-0.05, 0) is 31.0 Å². The lowest BCUT2D eigenvalue weighted by Crippen LogP contribution is -1.88. The molecule has 0 N–H and O–H groups in total. The summed E-state index contributed by atoms with van der Waals surface area (Å²) in [5, 5.41) is 8.10. The molecule has 0 bridgehead atoms. The van der Waals surface area contributed by atoms with Crippen LogP contribution in [0.4, 0.5) is 0 Å². The number of hydrogen-bond acceptors (Lipinski definition) is 4. The maximum atomic E-state index is 5.64. The number of methoxy groups -OCH3 is 1. The zero-order valence-corrected chi connectivity index (χ0v) is 12.2. The Hall–Kier alpha value is -1.36. The molecule has 2 rings (SSSR count). The van der Waals surface area contributed by atoms with E-state index in [0.717, 1.165) is 23.3 Å². The molecule has 1 heterocycles. The molecule has 1 unspecified atom stereocenters. The second-order valence-electron chi connectivity index (χ2n) is 4.01. The van der Waals surface area contributed by atoms with Crippen LogP contribution in [0, 0.1) is 6.92 Å². The fourth-order valence-corrected chi connectivity index (χ4v) is 1.79. The number of nitrogens with zero attached hydrogens (tertiary/aromatic N) is 2. The van der Waals surface area contributed by atoms with Crippen molar-refractivity contribution in [1.29, 1.82) is 0 Å². The lowest BCUT2D eigenvalue weighted by Gasteiger charge is -2.05. The molecule has 0 saturated heterocycles. The zero-order chi connectivity index (χ0) is 13.1. The molecular formula is C13H15BrN2O2. The van der Waals surface area contributed by atoms with Crippen molar-refractivity contribution in [3.05, 3.63) is 29.7 Å². The molecule has 1 aromatic carbocycles. The van der Waals surface area contributed by atoms with Gasteiger partial charge in [0.2, 0.25) is 11.8 Å². The minimum atomic E-state index is 0.103. The first kappa shape index (κ1) is 13.1. The standard InChI is InChI=1S/C13H15BrN2O2/c1-4-10(14)13-16-15-12(18-13)9-6-5-8(2)11(7-9)17-3/h5-7,10H,4H2,1-3H3. The van der Waals surface area contributed by atoms with Crippen LogP contribution in [0.5, 0.6) is 5.75 Å². The minimum absolute atomic E-state index is 0.103. The third kappa shape index (κ3) is 2.56. The van der Waals surface area contributed by atoms with Gasteiger partial charge in [0.25, 0.3) is 0 Å². The SMILES string of the molecule is CCC(Br)c1nnc(-c2ccc(C)c(OC)c2)o1. The number of alkyl halides is 1. The molecule has 0 aliphatic carbocycles. The number of hydrogen-bond donors (Lipinski definition) is 0. The van der Waals surface area contributed by atoms with Crippen LogP contribution in [0.2, 0.25) is 0 Å². The summed E-state index contributed by atoms with van der Waals surface area (Å²) in [6, 6.07) is 5.83. The highest BCUT2D eigenvalue weighted by atomic mass is 79.9. The van der Waals surface area contributed by atoms with Crippen LogP contribution in [0.1, 0.15) is 29.6 Å². The predicted molar refractivity (Wildman–Crippen MR) is 73.0 cm³/mol. The Balaban J connectivity index is 2.34. The first-order chi connectivity index (χ1) is 8.65. The van der Waals surface area contributed by atoms with Gasteiger partial charge in [0.15, 0.2) is 0 Å². The van der Waals surface area contributed by atoms with E-state index in [1.54, 1.807) is 7.11 Å². The molecule has 0 aliphatic rings. The monoisotopic (exact) mass is 310 g/mol. The Labute approximate surface area is 114 Å². The lowest BCUT2D eigenvalue weighted by molar-refractivity contribution is 0.411. The van der Waals surface area contributed by atoms with Crippen molar-refractivity contribution in [1.82, 2.24) is 10.2 Å². The molecule has 96 valence electrons. The summed E-state index contributed by atoms with van der Waals surface area (Å²) < 4.78 is 10.9. The third-order valence-electron chi connectivity index (χ3n) is 2.72. The third-order valence-corrected chi connectivity index (χ3v) is 3.76. The number of benzene rings is 1. The van der Waals surface area contributed by atoms with Gasteiger partial charge < -0.3 is 9.15 Å². The molecule has 1 aromatic heterocycles. The van der Waals surface area contributed by atoms with E-state index in [0.29, 0.717) is 11.8 Å². The zero-order valence-electron chi connectivity index (χ0n) is 10.6. The van der Waals surface area contributed by atoms with E-state index in [4.69, 9.17) is 9.15 Å².